The fraction of sp³-hybridized carbons (Fsp3) is 0.778. The van der Waals surface area contributed by atoms with Crippen LogP contribution in [-0.4, -0.2) is 19.1 Å². The third-order valence-corrected chi connectivity index (χ3v) is 1.55. The van der Waals surface area contributed by atoms with E-state index in [1.165, 1.54) is 0 Å². The largest absolute Gasteiger partial charge is 0.330 e. The molecule has 0 amide bonds. The summed E-state index contributed by atoms with van der Waals surface area (Å²) in [5.74, 6) is 2.71. The average Bonchev–Trinajstić information content (AvgIpc) is 2.03. The van der Waals surface area contributed by atoms with Crippen molar-refractivity contribution in [3.8, 4) is 12.3 Å². The van der Waals surface area contributed by atoms with Crippen molar-refractivity contribution in [1.29, 1.82) is 0 Å². The lowest BCUT2D eigenvalue weighted by Crippen LogP contribution is -2.29. The van der Waals surface area contributed by atoms with E-state index in [0.717, 1.165) is 32.4 Å². The number of rotatable bonds is 6. The van der Waals surface area contributed by atoms with Crippen LogP contribution < -0.4 is 11.1 Å². The van der Waals surface area contributed by atoms with E-state index in [0.29, 0.717) is 0 Å². The maximum absolute atomic E-state index is 5.34. The van der Waals surface area contributed by atoms with Crippen LogP contribution in [0.15, 0.2) is 0 Å². The summed E-state index contributed by atoms with van der Waals surface area (Å²) < 4.78 is 0. The molecule has 0 aliphatic heterocycles. The van der Waals surface area contributed by atoms with E-state index in [1.54, 1.807) is 0 Å². The van der Waals surface area contributed by atoms with Gasteiger partial charge in [0.15, 0.2) is 0 Å². The summed E-state index contributed by atoms with van der Waals surface area (Å²) >= 11 is 0. The maximum Gasteiger partial charge on any atom is 0.0686 e. The molecule has 1 atom stereocenters. The van der Waals surface area contributed by atoms with Crippen molar-refractivity contribution in [2.24, 2.45) is 5.73 Å². The number of nitrogens with two attached hydrogens (primary N) is 1. The molecule has 2 heteroatoms. The molecular formula is C9H18N2. The van der Waals surface area contributed by atoms with E-state index in [2.05, 4.69) is 18.2 Å². The Balaban J connectivity index is 3.30. The summed E-state index contributed by atoms with van der Waals surface area (Å²) in [7, 11) is 0. The van der Waals surface area contributed by atoms with Gasteiger partial charge in [0.1, 0.15) is 0 Å². The molecule has 0 bridgehead atoms. The van der Waals surface area contributed by atoms with Crippen LogP contribution in [0.25, 0.3) is 0 Å². The summed E-state index contributed by atoms with van der Waals surface area (Å²) in [6, 6.07) is 0.242. The van der Waals surface area contributed by atoms with Gasteiger partial charge in [-0.2, -0.15) is 0 Å². The molecule has 0 spiro atoms. The summed E-state index contributed by atoms with van der Waals surface area (Å²) in [6.45, 7) is 3.80. The van der Waals surface area contributed by atoms with E-state index in [4.69, 9.17) is 12.2 Å². The first-order valence-electron chi connectivity index (χ1n) is 4.24. The van der Waals surface area contributed by atoms with Crippen LogP contribution in [0.1, 0.15) is 26.2 Å². The van der Waals surface area contributed by atoms with Crippen LogP contribution in [0.4, 0.5) is 0 Å². The number of terminal acetylenes is 1. The van der Waals surface area contributed by atoms with Crippen LogP contribution in [0.5, 0.6) is 0 Å². The Kier molecular flexibility index (Phi) is 7.23. The van der Waals surface area contributed by atoms with Gasteiger partial charge in [0, 0.05) is 0 Å². The molecule has 0 fully saturated rings. The smallest absolute Gasteiger partial charge is 0.0686 e. The standard InChI is InChI=1S/C9H18N2/c1-3-6-9(4-2)11-8-5-7-10/h2,9,11H,3,5-8,10H2,1H3. The van der Waals surface area contributed by atoms with Crippen molar-refractivity contribution in [3.05, 3.63) is 0 Å². The van der Waals surface area contributed by atoms with Crippen LogP contribution >= 0.6 is 0 Å². The fourth-order valence-electron chi connectivity index (χ4n) is 0.911. The summed E-state index contributed by atoms with van der Waals surface area (Å²) in [5, 5.41) is 3.26. The molecule has 0 aromatic heterocycles. The molecule has 0 aliphatic rings. The van der Waals surface area contributed by atoms with Crippen LogP contribution in [-0.2, 0) is 0 Å². The topological polar surface area (TPSA) is 38.0 Å². The van der Waals surface area contributed by atoms with Crippen molar-refractivity contribution < 1.29 is 0 Å². The van der Waals surface area contributed by atoms with Gasteiger partial charge in [0.05, 0.1) is 6.04 Å². The van der Waals surface area contributed by atoms with Gasteiger partial charge < -0.3 is 11.1 Å². The van der Waals surface area contributed by atoms with E-state index in [-0.39, 0.29) is 6.04 Å². The molecule has 0 aromatic carbocycles. The second kappa shape index (κ2) is 7.59. The molecule has 0 rings (SSSR count). The fourth-order valence-corrected chi connectivity index (χ4v) is 0.911. The molecule has 0 saturated carbocycles. The predicted octanol–water partition coefficient (Wildman–Crippen LogP) is 0.727. The predicted molar refractivity (Wildman–Crippen MR) is 49.2 cm³/mol. The van der Waals surface area contributed by atoms with Gasteiger partial charge in [-0.15, -0.1) is 6.42 Å². The van der Waals surface area contributed by atoms with Gasteiger partial charge in [-0.1, -0.05) is 19.3 Å². The number of nitrogens with one attached hydrogen (secondary N) is 1. The Labute approximate surface area is 69.5 Å². The molecule has 11 heavy (non-hydrogen) atoms. The molecule has 0 radical (unpaired) electrons. The van der Waals surface area contributed by atoms with E-state index >= 15 is 0 Å². The highest BCUT2D eigenvalue weighted by atomic mass is 14.9. The minimum atomic E-state index is 0.242. The zero-order chi connectivity index (χ0) is 8.53. The number of hydrogen-bond acceptors (Lipinski definition) is 2. The first kappa shape index (κ1) is 10.5. The second-order valence-corrected chi connectivity index (χ2v) is 2.60. The lowest BCUT2D eigenvalue weighted by molar-refractivity contribution is 0.553. The van der Waals surface area contributed by atoms with Crippen molar-refractivity contribution in [2.75, 3.05) is 13.1 Å². The zero-order valence-electron chi connectivity index (χ0n) is 7.27. The highest BCUT2D eigenvalue weighted by Crippen LogP contribution is 1.93. The molecule has 3 N–H and O–H groups in total. The minimum absolute atomic E-state index is 0.242. The Morgan fingerprint density at radius 3 is 2.82 bits per heavy atom. The van der Waals surface area contributed by atoms with E-state index in [1.807, 2.05) is 0 Å². The minimum Gasteiger partial charge on any atom is -0.330 e. The molecular weight excluding hydrogens is 136 g/mol. The molecule has 64 valence electrons. The van der Waals surface area contributed by atoms with Crippen LogP contribution in [0.3, 0.4) is 0 Å². The van der Waals surface area contributed by atoms with Gasteiger partial charge in [-0.05, 0) is 25.9 Å². The maximum atomic E-state index is 5.34. The monoisotopic (exact) mass is 154 g/mol. The van der Waals surface area contributed by atoms with E-state index < -0.39 is 0 Å². The second-order valence-electron chi connectivity index (χ2n) is 2.60. The Morgan fingerprint density at radius 2 is 2.36 bits per heavy atom. The average molecular weight is 154 g/mol. The normalized spacial score (nSPS) is 12.5. The Morgan fingerprint density at radius 1 is 1.64 bits per heavy atom. The molecule has 0 saturated heterocycles. The van der Waals surface area contributed by atoms with Crippen LogP contribution in [0.2, 0.25) is 0 Å². The van der Waals surface area contributed by atoms with Gasteiger partial charge in [0.2, 0.25) is 0 Å². The van der Waals surface area contributed by atoms with Gasteiger partial charge in [-0.3, -0.25) is 0 Å². The Bertz CT molecular complexity index is 115. The zero-order valence-corrected chi connectivity index (χ0v) is 7.27. The lowest BCUT2D eigenvalue weighted by Gasteiger charge is -2.10. The molecule has 0 heterocycles. The van der Waals surface area contributed by atoms with Gasteiger partial charge >= 0.3 is 0 Å². The highest BCUT2D eigenvalue weighted by molar-refractivity contribution is 4.98. The van der Waals surface area contributed by atoms with Crippen molar-refractivity contribution in [3.63, 3.8) is 0 Å². The third-order valence-electron chi connectivity index (χ3n) is 1.55. The first-order valence-corrected chi connectivity index (χ1v) is 4.24. The molecule has 2 nitrogen and oxygen atoms in total. The lowest BCUT2D eigenvalue weighted by atomic mass is 10.2. The number of hydrogen-bond donors (Lipinski definition) is 2. The van der Waals surface area contributed by atoms with Gasteiger partial charge in [-0.25, -0.2) is 0 Å². The van der Waals surface area contributed by atoms with Crippen molar-refractivity contribution >= 4 is 0 Å². The van der Waals surface area contributed by atoms with Crippen molar-refractivity contribution in [2.45, 2.75) is 32.2 Å². The molecule has 1 unspecified atom stereocenters. The Hall–Kier alpha value is -0.520. The summed E-state index contributed by atoms with van der Waals surface area (Å²) in [4.78, 5) is 0. The summed E-state index contributed by atoms with van der Waals surface area (Å²) in [6.07, 6.45) is 8.49. The quantitative estimate of drug-likeness (QED) is 0.437. The SMILES string of the molecule is C#CC(CCC)NCCCN. The highest BCUT2D eigenvalue weighted by Gasteiger charge is 1.99. The van der Waals surface area contributed by atoms with Gasteiger partial charge in [0.25, 0.3) is 0 Å². The van der Waals surface area contributed by atoms with E-state index in [9.17, 15) is 0 Å². The molecule has 0 aromatic rings. The van der Waals surface area contributed by atoms with Crippen molar-refractivity contribution in [1.82, 2.24) is 5.32 Å². The summed E-state index contributed by atoms with van der Waals surface area (Å²) in [5.41, 5.74) is 5.34. The molecule has 0 aliphatic carbocycles. The third kappa shape index (κ3) is 5.90. The van der Waals surface area contributed by atoms with Crippen LogP contribution in [0, 0.1) is 12.3 Å². The first-order chi connectivity index (χ1) is 5.35.